The standard InChI is InChI=1S/C25H22N4O2/c1-30-18-11-9-17(10-12-18)24-23(26)22(25(27)28)21(15-29-24)16-7-13-20(14-8-16)31-19-5-3-2-4-6-19/h2-15H,26H2,1H3,(H3,27,28). The summed E-state index contributed by atoms with van der Waals surface area (Å²) in [6.07, 6.45) is 1.69. The number of ether oxygens (including phenoxy) is 2. The van der Waals surface area contributed by atoms with Crippen molar-refractivity contribution < 1.29 is 9.47 Å². The van der Waals surface area contributed by atoms with Gasteiger partial charge in [0, 0.05) is 17.3 Å². The Bertz CT molecular complexity index is 1200. The second kappa shape index (κ2) is 8.59. The fourth-order valence-electron chi connectivity index (χ4n) is 3.34. The second-order valence-corrected chi connectivity index (χ2v) is 6.89. The highest BCUT2D eigenvalue weighted by Gasteiger charge is 2.17. The Balaban J connectivity index is 1.69. The van der Waals surface area contributed by atoms with Crippen molar-refractivity contribution in [2.45, 2.75) is 0 Å². The number of aromatic nitrogens is 1. The zero-order valence-corrected chi connectivity index (χ0v) is 17.0. The number of nitrogen functional groups attached to an aromatic ring is 2. The lowest BCUT2D eigenvalue weighted by molar-refractivity contribution is 0.415. The maximum absolute atomic E-state index is 8.11. The molecule has 0 saturated carbocycles. The van der Waals surface area contributed by atoms with Crippen molar-refractivity contribution in [1.29, 1.82) is 5.41 Å². The van der Waals surface area contributed by atoms with Crippen LogP contribution >= 0.6 is 0 Å². The molecule has 154 valence electrons. The summed E-state index contributed by atoms with van der Waals surface area (Å²) in [5, 5.41) is 8.11. The lowest BCUT2D eigenvalue weighted by atomic mass is 9.96. The van der Waals surface area contributed by atoms with Crippen LogP contribution in [0.3, 0.4) is 0 Å². The van der Waals surface area contributed by atoms with E-state index in [0.717, 1.165) is 22.6 Å². The third-order valence-corrected chi connectivity index (χ3v) is 4.89. The molecule has 6 heteroatoms. The number of para-hydroxylation sites is 1. The largest absolute Gasteiger partial charge is 0.497 e. The molecule has 3 aromatic carbocycles. The summed E-state index contributed by atoms with van der Waals surface area (Å²) >= 11 is 0. The minimum atomic E-state index is -0.116. The molecule has 31 heavy (non-hydrogen) atoms. The molecule has 0 aliphatic carbocycles. The predicted octanol–water partition coefficient (Wildman–Crippen LogP) is 5.08. The van der Waals surface area contributed by atoms with Crippen molar-refractivity contribution in [3.63, 3.8) is 0 Å². The maximum Gasteiger partial charge on any atom is 0.127 e. The van der Waals surface area contributed by atoms with E-state index in [1.165, 1.54) is 0 Å². The van der Waals surface area contributed by atoms with Crippen LogP contribution in [0.15, 0.2) is 85.1 Å². The maximum atomic E-state index is 8.11. The first-order valence-corrected chi connectivity index (χ1v) is 9.67. The van der Waals surface area contributed by atoms with Crippen molar-refractivity contribution in [1.82, 2.24) is 4.98 Å². The van der Waals surface area contributed by atoms with Gasteiger partial charge >= 0.3 is 0 Å². The molecule has 1 aromatic heterocycles. The van der Waals surface area contributed by atoms with Crippen molar-refractivity contribution in [3.8, 4) is 39.6 Å². The van der Waals surface area contributed by atoms with Crippen LogP contribution in [-0.4, -0.2) is 17.9 Å². The zero-order chi connectivity index (χ0) is 21.8. The van der Waals surface area contributed by atoms with Crippen LogP contribution in [0.1, 0.15) is 5.56 Å². The van der Waals surface area contributed by atoms with Crippen LogP contribution in [0, 0.1) is 5.41 Å². The topological polar surface area (TPSA) is 107 Å². The van der Waals surface area contributed by atoms with Crippen LogP contribution in [0.2, 0.25) is 0 Å². The average molecular weight is 410 g/mol. The molecule has 0 aliphatic heterocycles. The Morgan fingerprint density at radius 2 is 1.39 bits per heavy atom. The number of rotatable bonds is 6. The minimum Gasteiger partial charge on any atom is -0.497 e. The van der Waals surface area contributed by atoms with Crippen LogP contribution < -0.4 is 20.9 Å². The number of hydrogen-bond donors (Lipinski definition) is 3. The van der Waals surface area contributed by atoms with Crippen molar-refractivity contribution >= 4 is 11.5 Å². The van der Waals surface area contributed by atoms with Gasteiger partial charge in [-0.3, -0.25) is 10.4 Å². The van der Waals surface area contributed by atoms with Gasteiger partial charge in [-0.25, -0.2) is 0 Å². The van der Waals surface area contributed by atoms with E-state index < -0.39 is 0 Å². The number of pyridine rings is 1. The van der Waals surface area contributed by atoms with E-state index in [1.807, 2.05) is 78.9 Å². The van der Waals surface area contributed by atoms with Gasteiger partial charge in [0.1, 0.15) is 23.1 Å². The van der Waals surface area contributed by atoms with E-state index in [2.05, 4.69) is 4.98 Å². The van der Waals surface area contributed by atoms with Gasteiger partial charge in [0.2, 0.25) is 0 Å². The molecule has 0 radical (unpaired) electrons. The molecule has 4 aromatic rings. The Hall–Kier alpha value is -4.32. The van der Waals surface area contributed by atoms with Gasteiger partial charge in [0.15, 0.2) is 0 Å². The van der Waals surface area contributed by atoms with Gasteiger partial charge in [-0.05, 0) is 54.1 Å². The van der Waals surface area contributed by atoms with Crippen molar-refractivity contribution in [3.05, 3.63) is 90.6 Å². The molecular weight excluding hydrogens is 388 g/mol. The molecule has 5 N–H and O–H groups in total. The predicted molar refractivity (Wildman–Crippen MR) is 124 cm³/mol. The Labute approximate surface area is 180 Å². The van der Waals surface area contributed by atoms with E-state index in [9.17, 15) is 0 Å². The van der Waals surface area contributed by atoms with Crippen molar-refractivity contribution in [2.75, 3.05) is 12.8 Å². The van der Waals surface area contributed by atoms with Gasteiger partial charge in [-0.2, -0.15) is 0 Å². The molecule has 6 nitrogen and oxygen atoms in total. The van der Waals surface area contributed by atoms with Crippen LogP contribution in [0.25, 0.3) is 22.4 Å². The summed E-state index contributed by atoms with van der Waals surface area (Å²) in [5.41, 5.74) is 16.1. The van der Waals surface area contributed by atoms with Gasteiger partial charge in [-0.1, -0.05) is 30.3 Å². The third kappa shape index (κ3) is 4.18. The first-order chi connectivity index (χ1) is 15.1. The van der Waals surface area contributed by atoms with E-state index in [-0.39, 0.29) is 5.84 Å². The fourth-order valence-corrected chi connectivity index (χ4v) is 3.34. The smallest absolute Gasteiger partial charge is 0.127 e. The van der Waals surface area contributed by atoms with Gasteiger partial charge < -0.3 is 20.9 Å². The first kappa shape index (κ1) is 20.0. The first-order valence-electron chi connectivity index (χ1n) is 9.67. The number of hydrogen-bond acceptors (Lipinski definition) is 5. The number of nitrogens with zero attached hydrogens (tertiary/aromatic N) is 1. The second-order valence-electron chi connectivity index (χ2n) is 6.89. The van der Waals surface area contributed by atoms with Crippen LogP contribution in [0.5, 0.6) is 17.2 Å². The number of benzene rings is 3. The molecule has 0 atom stereocenters. The number of anilines is 1. The third-order valence-electron chi connectivity index (χ3n) is 4.89. The molecule has 0 spiro atoms. The lowest BCUT2D eigenvalue weighted by Crippen LogP contribution is -2.16. The Kier molecular flexibility index (Phi) is 5.53. The molecule has 4 rings (SSSR count). The van der Waals surface area contributed by atoms with Gasteiger partial charge in [0.05, 0.1) is 24.1 Å². The van der Waals surface area contributed by atoms with E-state index in [0.29, 0.717) is 28.3 Å². The van der Waals surface area contributed by atoms with Crippen molar-refractivity contribution in [2.24, 2.45) is 5.73 Å². The molecular formula is C25H22N4O2. The summed E-state index contributed by atoms with van der Waals surface area (Å²) in [6.45, 7) is 0. The molecule has 0 unspecified atom stereocenters. The Morgan fingerprint density at radius 3 is 2.00 bits per heavy atom. The summed E-state index contributed by atoms with van der Waals surface area (Å²) in [5.74, 6) is 2.09. The highest BCUT2D eigenvalue weighted by atomic mass is 16.5. The van der Waals surface area contributed by atoms with Crippen LogP contribution in [-0.2, 0) is 0 Å². The quantitative estimate of drug-likeness (QED) is 0.303. The summed E-state index contributed by atoms with van der Waals surface area (Å²) in [7, 11) is 1.61. The molecule has 0 aliphatic rings. The fraction of sp³-hybridized carbons (Fsp3) is 0.0400. The SMILES string of the molecule is COc1ccc(-c2ncc(-c3ccc(Oc4ccccc4)cc3)c(C(=N)N)c2N)cc1. The number of nitrogens with one attached hydrogen (secondary N) is 1. The van der Waals surface area contributed by atoms with E-state index >= 15 is 0 Å². The summed E-state index contributed by atoms with van der Waals surface area (Å²) in [6, 6.07) is 24.5. The summed E-state index contributed by atoms with van der Waals surface area (Å²) in [4.78, 5) is 4.56. The molecule has 0 saturated heterocycles. The Morgan fingerprint density at radius 1 is 0.806 bits per heavy atom. The molecule has 1 heterocycles. The average Bonchev–Trinajstić information content (AvgIpc) is 2.80. The highest BCUT2D eigenvalue weighted by Crippen LogP contribution is 2.35. The monoisotopic (exact) mass is 410 g/mol. The van der Waals surface area contributed by atoms with E-state index in [1.54, 1.807) is 13.3 Å². The molecule has 0 fully saturated rings. The normalized spacial score (nSPS) is 10.5. The van der Waals surface area contributed by atoms with E-state index in [4.69, 9.17) is 26.4 Å². The van der Waals surface area contributed by atoms with Gasteiger partial charge in [0.25, 0.3) is 0 Å². The number of methoxy groups -OCH3 is 1. The summed E-state index contributed by atoms with van der Waals surface area (Å²) < 4.78 is 11.1. The highest BCUT2D eigenvalue weighted by molar-refractivity contribution is 6.08. The minimum absolute atomic E-state index is 0.116. The molecule has 0 amide bonds. The lowest BCUT2D eigenvalue weighted by Gasteiger charge is -2.15. The van der Waals surface area contributed by atoms with Crippen LogP contribution in [0.4, 0.5) is 5.69 Å². The number of nitrogens with two attached hydrogens (primary N) is 2. The van der Waals surface area contributed by atoms with Gasteiger partial charge in [-0.15, -0.1) is 0 Å². The zero-order valence-electron chi connectivity index (χ0n) is 17.0. The molecule has 0 bridgehead atoms. The number of amidine groups is 1.